The van der Waals surface area contributed by atoms with Crippen LogP contribution in [0.15, 0.2) is 0 Å². The van der Waals surface area contributed by atoms with Gasteiger partial charge in [-0.3, -0.25) is 9.69 Å². The molecule has 2 aliphatic heterocycles. The average Bonchev–Trinajstić information content (AvgIpc) is 2.85. The number of carbonyl (C=O) groups excluding carboxylic acids is 1. The quantitative estimate of drug-likeness (QED) is 0.785. The number of likely N-dealkylation sites (tertiary alicyclic amines) is 1. The third-order valence-corrected chi connectivity index (χ3v) is 4.49. The summed E-state index contributed by atoms with van der Waals surface area (Å²) in [6, 6.07) is 0.465. The van der Waals surface area contributed by atoms with Crippen molar-refractivity contribution in [3.63, 3.8) is 0 Å². The summed E-state index contributed by atoms with van der Waals surface area (Å²) in [6.45, 7) is 9.23. The van der Waals surface area contributed by atoms with Gasteiger partial charge in [0.15, 0.2) is 0 Å². The number of carbonyl (C=O) groups is 1. The van der Waals surface area contributed by atoms with Gasteiger partial charge in [0.05, 0.1) is 5.41 Å². The molecular formula is C14H27N3O. The Morgan fingerprint density at radius 2 is 2.11 bits per heavy atom. The van der Waals surface area contributed by atoms with Gasteiger partial charge < -0.3 is 10.6 Å². The van der Waals surface area contributed by atoms with E-state index in [1.165, 1.54) is 32.4 Å². The largest absolute Gasteiger partial charge is 0.354 e. The van der Waals surface area contributed by atoms with E-state index in [1.54, 1.807) is 0 Å². The Morgan fingerprint density at radius 3 is 2.72 bits per heavy atom. The first-order chi connectivity index (χ1) is 8.62. The Kier molecular flexibility index (Phi) is 4.62. The van der Waals surface area contributed by atoms with Crippen LogP contribution >= 0.6 is 0 Å². The Bertz CT molecular complexity index is 281. The fourth-order valence-electron chi connectivity index (χ4n) is 2.95. The Labute approximate surface area is 110 Å². The molecule has 0 bridgehead atoms. The first kappa shape index (κ1) is 13.8. The van der Waals surface area contributed by atoms with Crippen molar-refractivity contribution in [1.82, 2.24) is 15.5 Å². The molecule has 2 heterocycles. The first-order valence-corrected chi connectivity index (χ1v) is 7.35. The molecule has 2 saturated heterocycles. The van der Waals surface area contributed by atoms with E-state index in [1.807, 2.05) is 0 Å². The Hall–Kier alpha value is -0.610. The maximum absolute atomic E-state index is 12.2. The van der Waals surface area contributed by atoms with Gasteiger partial charge in [0.1, 0.15) is 0 Å². The lowest BCUT2D eigenvalue weighted by atomic mass is 9.89. The molecule has 0 aromatic rings. The molecule has 2 rings (SSSR count). The van der Waals surface area contributed by atoms with Gasteiger partial charge >= 0.3 is 0 Å². The summed E-state index contributed by atoms with van der Waals surface area (Å²) in [4.78, 5) is 14.7. The second-order valence-electron chi connectivity index (χ2n) is 6.14. The zero-order valence-electron chi connectivity index (χ0n) is 11.8. The standard InChI is InChI=1S/C14H27N3O/c1-12(17-8-4-3-5-9-17)10-16-13(18)14(2)6-7-15-11-14/h12,15H,3-11H2,1-2H3,(H,16,18). The lowest BCUT2D eigenvalue weighted by molar-refractivity contribution is -0.129. The topological polar surface area (TPSA) is 44.4 Å². The van der Waals surface area contributed by atoms with E-state index >= 15 is 0 Å². The predicted molar refractivity (Wildman–Crippen MR) is 73.5 cm³/mol. The fourth-order valence-corrected chi connectivity index (χ4v) is 2.95. The Morgan fingerprint density at radius 1 is 1.39 bits per heavy atom. The molecule has 2 fully saturated rings. The molecule has 0 aliphatic carbocycles. The zero-order valence-corrected chi connectivity index (χ0v) is 11.8. The smallest absolute Gasteiger partial charge is 0.227 e. The first-order valence-electron chi connectivity index (χ1n) is 7.35. The van der Waals surface area contributed by atoms with Gasteiger partial charge in [-0.25, -0.2) is 0 Å². The van der Waals surface area contributed by atoms with E-state index in [2.05, 4.69) is 29.4 Å². The van der Waals surface area contributed by atoms with Gasteiger partial charge in [-0.1, -0.05) is 6.42 Å². The highest BCUT2D eigenvalue weighted by Crippen LogP contribution is 2.24. The highest BCUT2D eigenvalue weighted by molar-refractivity contribution is 5.82. The number of nitrogens with zero attached hydrogens (tertiary/aromatic N) is 1. The molecule has 18 heavy (non-hydrogen) atoms. The van der Waals surface area contributed by atoms with Crippen LogP contribution in [-0.2, 0) is 4.79 Å². The summed E-state index contributed by atoms with van der Waals surface area (Å²) in [5.74, 6) is 0.219. The van der Waals surface area contributed by atoms with E-state index in [0.717, 1.165) is 26.1 Å². The molecule has 4 nitrogen and oxygen atoms in total. The van der Waals surface area contributed by atoms with Crippen molar-refractivity contribution in [3.05, 3.63) is 0 Å². The maximum Gasteiger partial charge on any atom is 0.227 e. The molecule has 1 amide bonds. The highest BCUT2D eigenvalue weighted by atomic mass is 16.2. The molecule has 4 heteroatoms. The van der Waals surface area contributed by atoms with Crippen LogP contribution in [0.1, 0.15) is 39.5 Å². The minimum absolute atomic E-state index is 0.193. The van der Waals surface area contributed by atoms with Crippen molar-refractivity contribution in [1.29, 1.82) is 0 Å². The normalized spacial score (nSPS) is 31.2. The number of piperidine rings is 1. The van der Waals surface area contributed by atoms with Crippen molar-refractivity contribution in [2.45, 2.75) is 45.6 Å². The summed E-state index contributed by atoms with van der Waals surface area (Å²) < 4.78 is 0. The van der Waals surface area contributed by atoms with Crippen molar-refractivity contribution in [3.8, 4) is 0 Å². The van der Waals surface area contributed by atoms with Gasteiger partial charge in [0.2, 0.25) is 5.91 Å². The second-order valence-corrected chi connectivity index (χ2v) is 6.14. The molecular weight excluding hydrogens is 226 g/mol. The van der Waals surface area contributed by atoms with Crippen LogP contribution in [0.2, 0.25) is 0 Å². The van der Waals surface area contributed by atoms with Crippen LogP contribution in [0.5, 0.6) is 0 Å². The van der Waals surface area contributed by atoms with Crippen LogP contribution in [0.25, 0.3) is 0 Å². The van der Waals surface area contributed by atoms with E-state index < -0.39 is 0 Å². The van der Waals surface area contributed by atoms with Crippen molar-refractivity contribution in [2.24, 2.45) is 5.41 Å². The molecule has 0 aromatic carbocycles. The van der Waals surface area contributed by atoms with Gasteiger partial charge in [-0.2, -0.15) is 0 Å². The molecule has 2 unspecified atom stereocenters. The number of nitrogens with one attached hydrogen (secondary N) is 2. The van der Waals surface area contributed by atoms with E-state index in [9.17, 15) is 4.79 Å². The molecule has 0 aromatic heterocycles. The lowest BCUT2D eigenvalue weighted by Crippen LogP contribution is -2.48. The number of rotatable bonds is 4. The summed E-state index contributed by atoms with van der Waals surface area (Å²) in [5, 5.41) is 6.42. The minimum Gasteiger partial charge on any atom is -0.354 e. The molecule has 104 valence electrons. The average molecular weight is 253 g/mol. The molecule has 2 N–H and O–H groups in total. The summed E-state index contributed by atoms with van der Waals surface area (Å²) in [7, 11) is 0. The van der Waals surface area contributed by atoms with Crippen LogP contribution in [-0.4, -0.2) is 49.6 Å². The monoisotopic (exact) mass is 253 g/mol. The van der Waals surface area contributed by atoms with E-state index in [-0.39, 0.29) is 11.3 Å². The second kappa shape index (κ2) is 6.02. The van der Waals surface area contributed by atoms with Crippen molar-refractivity contribution >= 4 is 5.91 Å². The molecule has 0 spiro atoms. The lowest BCUT2D eigenvalue weighted by Gasteiger charge is -2.33. The molecule has 2 atom stereocenters. The highest BCUT2D eigenvalue weighted by Gasteiger charge is 2.36. The third kappa shape index (κ3) is 3.23. The predicted octanol–water partition coefficient (Wildman–Crippen LogP) is 0.977. The zero-order chi connectivity index (χ0) is 13.0. The van der Waals surface area contributed by atoms with E-state index in [4.69, 9.17) is 0 Å². The SMILES string of the molecule is CC(CNC(=O)C1(C)CCNC1)N1CCCCC1. The van der Waals surface area contributed by atoms with Crippen LogP contribution in [0, 0.1) is 5.41 Å². The maximum atomic E-state index is 12.2. The fraction of sp³-hybridized carbons (Fsp3) is 0.929. The van der Waals surface area contributed by atoms with Crippen LogP contribution in [0.4, 0.5) is 0 Å². The van der Waals surface area contributed by atoms with Crippen LogP contribution in [0.3, 0.4) is 0 Å². The molecule has 0 radical (unpaired) electrons. The van der Waals surface area contributed by atoms with E-state index in [0.29, 0.717) is 6.04 Å². The van der Waals surface area contributed by atoms with Crippen molar-refractivity contribution in [2.75, 3.05) is 32.7 Å². The Balaban J connectivity index is 1.74. The third-order valence-electron chi connectivity index (χ3n) is 4.49. The molecule has 2 aliphatic rings. The number of hydrogen-bond donors (Lipinski definition) is 2. The minimum atomic E-state index is -0.193. The summed E-state index contributed by atoms with van der Waals surface area (Å²) in [5.41, 5.74) is -0.193. The van der Waals surface area contributed by atoms with Gasteiger partial charge in [0, 0.05) is 19.1 Å². The van der Waals surface area contributed by atoms with Gasteiger partial charge in [0.25, 0.3) is 0 Å². The van der Waals surface area contributed by atoms with Gasteiger partial charge in [-0.15, -0.1) is 0 Å². The number of hydrogen-bond acceptors (Lipinski definition) is 3. The number of amides is 1. The van der Waals surface area contributed by atoms with Crippen molar-refractivity contribution < 1.29 is 4.79 Å². The summed E-state index contributed by atoms with van der Waals surface area (Å²) >= 11 is 0. The van der Waals surface area contributed by atoms with Crippen LogP contribution < -0.4 is 10.6 Å². The van der Waals surface area contributed by atoms with Gasteiger partial charge in [-0.05, 0) is 52.7 Å². The summed E-state index contributed by atoms with van der Waals surface area (Å²) in [6.07, 6.45) is 4.93. The molecule has 0 saturated carbocycles.